The third kappa shape index (κ3) is 2.44. The molecule has 0 aromatic heterocycles. The van der Waals surface area contributed by atoms with Crippen LogP contribution >= 0.6 is 0 Å². The van der Waals surface area contributed by atoms with Crippen LogP contribution in [0, 0.1) is 5.41 Å². The van der Waals surface area contributed by atoms with Crippen molar-refractivity contribution in [2.45, 2.75) is 32.2 Å². The van der Waals surface area contributed by atoms with E-state index >= 15 is 0 Å². The summed E-state index contributed by atoms with van der Waals surface area (Å²) in [6.07, 6.45) is 1.91. The van der Waals surface area contributed by atoms with Crippen LogP contribution in [0.1, 0.15) is 26.2 Å². The van der Waals surface area contributed by atoms with Gasteiger partial charge in [-0.1, -0.05) is 0 Å². The minimum Gasteiger partial charge on any atom is -0.481 e. The minimum atomic E-state index is -0.878. The number of urea groups is 1. The molecule has 0 aromatic rings. The van der Waals surface area contributed by atoms with E-state index in [1.165, 1.54) is 0 Å². The summed E-state index contributed by atoms with van der Waals surface area (Å²) in [4.78, 5) is 38.6. The fourth-order valence-corrected chi connectivity index (χ4v) is 2.92. The van der Waals surface area contributed by atoms with E-state index in [-0.39, 0.29) is 18.5 Å². The molecule has 2 rings (SSSR count). The molecule has 0 aromatic carbocycles. The second-order valence-electron chi connectivity index (χ2n) is 5.79. The van der Waals surface area contributed by atoms with Crippen molar-refractivity contribution in [3.05, 3.63) is 0 Å². The smallest absolute Gasteiger partial charge is 0.320 e. The van der Waals surface area contributed by atoms with Crippen LogP contribution in [0.15, 0.2) is 0 Å². The number of amides is 3. The van der Waals surface area contributed by atoms with Crippen molar-refractivity contribution in [3.8, 4) is 0 Å². The summed E-state index contributed by atoms with van der Waals surface area (Å²) in [7, 11) is 1.56. The maximum atomic E-state index is 12.5. The average Bonchev–Trinajstić information content (AvgIpc) is 3.04. The molecule has 7 nitrogen and oxygen atoms in total. The van der Waals surface area contributed by atoms with Gasteiger partial charge in [0.05, 0.1) is 5.41 Å². The Labute approximate surface area is 117 Å². The second-order valence-corrected chi connectivity index (χ2v) is 5.79. The van der Waals surface area contributed by atoms with E-state index in [2.05, 4.69) is 5.32 Å². The molecule has 2 aliphatic heterocycles. The number of rotatable bonds is 2. The van der Waals surface area contributed by atoms with Gasteiger partial charge in [0, 0.05) is 26.7 Å². The molecule has 2 saturated heterocycles. The van der Waals surface area contributed by atoms with Gasteiger partial charge in [0.1, 0.15) is 6.04 Å². The summed E-state index contributed by atoms with van der Waals surface area (Å²) in [5, 5.41) is 11.8. The first-order valence-electron chi connectivity index (χ1n) is 6.89. The number of hydrogen-bond acceptors (Lipinski definition) is 3. The molecule has 2 fully saturated rings. The van der Waals surface area contributed by atoms with Crippen molar-refractivity contribution in [1.29, 1.82) is 0 Å². The standard InChI is InChI=1S/C13H21N3O4/c1-13(11(18)19)5-7-15(8-13)12(20)16-6-3-4-9(16)10(17)14-2/h9H,3-8H2,1-2H3,(H,14,17)(H,18,19). The molecule has 2 N–H and O–H groups in total. The van der Waals surface area contributed by atoms with Crippen LogP contribution in [0.5, 0.6) is 0 Å². The fraction of sp³-hybridized carbons (Fsp3) is 0.769. The first kappa shape index (κ1) is 14.6. The molecule has 20 heavy (non-hydrogen) atoms. The molecular formula is C13H21N3O4. The molecule has 2 heterocycles. The molecular weight excluding hydrogens is 262 g/mol. The zero-order valence-corrected chi connectivity index (χ0v) is 11.9. The van der Waals surface area contributed by atoms with E-state index < -0.39 is 17.4 Å². The Morgan fingerprint density at radius 2 is 2.00 bits per heavy atom. The number of carbonyl (C=O) groups excluding carboxylic acids is 2. The maximum Gasteiger partial charge on any atom is 0.320 e. The Balaban J connectivity index is 2.05. The lowest BCUT2D eigenvalue weighted by atomic mass is 9.90. The molecule has 0 radical (unpaired) electrons. The highest BCUT2D eigenvalue weighted by molar-refractivity contribution is 5.88. The Kier molecular flexibility index (Phi) is 3.87. The third-order valence-electron chi connectivity index (χ3n) is 4.31. The Morgan fingerprint density at radius 3 is 2.55 bits per heavy atom. The SMILES string of the molecule is CNC(=O)C1CCCN1C(=O)N1CCC(C)(C(=O)O)C1. The molecule has 0 spiro atoms. The van der Waals surface area contributed by atoms with Crippen LogP contribution in [0.2, 0.25) is 0 Å². The van der Waals surface area contributed by atoms with Gasteiger partial charge < -0.3 is 20.2 Å². The highest BCUT2D eigenvalue weighted by Crippen LogP contribution is 2.31. The van der Waals surface area contributed by atoms with Gasteiger partial charge in [-0.05, 0) is 26.2 Å². The van der Waals surface area contributed by atoms with Crippen LogP contribution in [-0.4, -0.2) is 65.5 Å². The van der Waals surface area contributed by atoms with Crippen molar-refractivity contribution < 1.29 is 19.5 Å². The maximum absolute atomic E-state index is 12.5. The van der Waals surface area contributed by atoms with Crippen molar-refractivity contribution in [2.24, 2.45) is 5.41 Å². The number of hydrogen-bond donors (Lipinski definition) is 2. The minimum absolute atomic E-state index is 0.156. The summed E-state index contributed by atoms with van der Waals surface area (Å²) in [6, 6.07) is -0.648. The topological polar surface area (TPSA) is 90.0 Å². The summed E-state index contributed by atoms with van der Waals surface area (Å²) in [5.74, 6) is -1.03. The van der Waals surface area contributed by atoms with Crippen LogP contribution < -0.4 is 5.32 Å². The largest absolute Gasteiger partial charge is 0.481 e. The van der Waals surface area contributed by atoms with Gasteiger partial charge in [0.25, 0.3) is 0 Å². The zero-order valence-electron chi connectivity index (χ0n) is 11.9. The number of carboxylic acids is 1. The number of likely N-dealkylation sites (N-methyl/N-ethyl adjacent to an activating group) is 1. The first-order valence-corrected chi connectivity index (χ1v) is 6.89. The quantitative estimate of drug-likeness (QED) is 0.753. The molecule has 112 valence electrons. The molecule has 2 atom stereocenters. The predicted octanol–water partition coefficient (Wildman–Crippen LogP) is 0.113. The summed E-state index contributed by atoms with van der Waals surface area (Å²) >= 11 is 0. The lowest BCUT2D eigenvalue weighted by molar-refractivity contribution is -0.147. The second kappa shape index (κ2) is 5.30. The van der Waals surface area contributed by atoms with E-state index in [0.717, 1.165) is 6.42 Å². The predicted molar refractivity (Wildman–Crippen MR) is 71.1 cm³/mol. The van der Waals surface area contributed by atoms with Crippen molar-refractivity contribution in [3.63, 3.8) is 0 Å². The summed E-state index contributed by atoms with van der Waals surface area (Å²) in [6.45, 7) is 2.84. The normalized spacial score (nSPS) is 29.6. The van der Waals surface area contributed by atoms with Gasteiger partial charge in [-0.15, -0.1) is 0 Å². The fourth-order valence-electron chi connectivity index (χ4n) is 2.92. The average molecular weight is 283 g/mol. The number of likely N-dealkylation sites (tertiary alicyclic amines) is 2. The van der Waals surface area contributed by atoms with Crippen molar-refractivity contribution in [1.82, 2.24) is 15.1 Å². The van der Waals surface area contributed by atoms with Gasteiger partial charge in [0.15, 0.2) is 0 Å². The molecule has 2 unspecified atom stereocenters. The number of nitrogens with zero attached hydrogens (tertiary/aromatic N) is 2. The van der Waals surface area contributed by atoms with Gasteiger partial charge in [-0.2, -0.15) is 0 Å². The number of carboxylic acid groups (broad SMARTS) is 1. The Bertz CT molecular complexity index is 439. The number of aliphatic carboxylic acids is 1. The van der Waals surface area contributed by atoms with Gasteiger partial charge in [0.2, 0.25) is 5.91 Å². The van der Waals surface area contributed by atoms with Crippen LogP contribution in [0.3, 0.4) is 0 Å². The number of nitrogens with one attached hydrogen (secondary N) is 1. The molecule has 0 saturated carbocycles. The van der Waals surface area contributed by atoms with Crippen LogP contribution in [0.25, 0.3) is 0 Å². The van der Waals surface area contributed by atoms with Crippen molar-refractivity contribution in [2.75, 3.05) is 26.7 Å². The summed E-state index contributed by atoms with van der Waals surface area (Å²) in [5.41, 5.74) is -0.877. The van der Waals surface area contributed by atoms with E-state index in [9.17, 15) is 19.5 Å². The van der Waals surface area contributed by atoms with Gasteiger partial charge in [-0.25, -0.2) is 4.79 Å². The molecule has 0 bridgehead atoms. The Hall–Kier alpha value is -1.79. The van der Waals surface area contributed by atoms with Crippen LogP contribution in [-0.2, 0) is 9.59 Å². The molecule has 3 amide bonds. The monoisotopic (exact) mass is 283 g/mol. The highest BCUT2D eigenvalue weighted by Gasteiger charge is 2.45. The Morgan fingerprint density at radius 1 is 1.30 bits per heavy atom. The zero-order chi connectivity index (χ0) is 14.9. The van der Waals surface area contributed by atoms with E-state index in [4.69, 9.17) is 0 Å². The van der Waals surface area contributed by atoms with E-state index in [1.807, 2.05) is 0 Å². The van der Waals surface area contributed by atoms with Crippen molar-refractivity contribution >= 4 is 17.9 Å². The van der Waals surface area contributed by atoms with Crippen LogP contribution in [0.4, 0.5) is 4.79 Å². The van der Waals surface area contributed by atoms with E-state index in [0.29, 0.717) is 25.9 Å². The highest BCUT2D eigenvalue weighted by atomic mass is 16.4. The molecule has 0 aliphatic carbocycles. The third-order valence-corrected chi connectivity index (χ3v) is 4.31. The lowest BCUT2D eigenvalue weighted by Crippen LogP contribution is -2.50. The lowest BCUT2D eigenvalue weighted by Gasteiger charge is -2.29. The van der Waals surface area contributed by atoms with Gasteiger partial charge >= 0.3 is 12.0 Å². The van der Waals surface area contributed by atoms with Gasteiger partial charge in [-0.3, -0.25) is 9.59 Å². The summed E-state index contributed by atoms with van der Waals surface area (Å²) < 4.78 is 0. The molecule has 7 heteroatoms. The first-order chi connectivity index (χ1) is 9.39. The van der Waals surface area contributed by atoms with E-state index in [1.54, 1.807) is 23.8 Å². The molecule has 2 aliphatic rings. The number of carbonyl (C=O) groups is 3.